The zero-order valence-corrected chi connectivity index (χ0v) is 11.6. The average molecular weight is 286 g/mol. The van der Waals surface area contributed by atoms with Gasteiger partial charge in [-0.15, -0.1) is 0 Å². The summed E-state index contributed by atoms with van der Waals surface area (Å²) in [5.74, 6) is 0.486. The molecular formula is C16H12ClNO2. The molecule has 0 aliphatic carbocycles. The maximum absolute atomic E-state index is 12.2. The van der Waals surface area contributed by atoms with E-state index < -0.39 is 0 Å². The van der Waals surface area contributed by atoms with E-state index in [2.05, 4.69) is 0 Å². The Hall–Kier alpha value is -2.26. The summed E-state index contributed by atoms with van der Waals surface area (Å²) < 4.78 is 5.86. The lowest BCUT2D eigenvalue weighted by Crippen LogP contribution is -2.01. The lowest BCUT2D eigenvalue weighted by Gasteiger charge is -2.06. The first kappa shape index (κ1) is 12.8. The molecule has 3 nitrogen and oxygen atoms in total. The topological polar surface area (TPSA) is 56.2 Å². The second-order valence-electron chi connectivity index (χ2n) is 4.66. The second kappa shape index (κ2) is 4.69. The monoisotopic (exact) mass is 285 g/mol. The van der Waals surface area contributed by atoms with E-state index in [1.54, 1.807) is 24.3 Å². The zero-order valence-electron chi connectivity index (χ0n) is 10.8. The molecule has 3 aromatic rings. The van der Waals surface area contributed by atoms with Gasteiger partial charge in [-0.05, 0) is 36.8 Å². The predicted molar refractivity (Wildman–Crippen MR) is 82.1 cm³/mol. The Morgan fingerprint density at radius 3 is 2.70 bits per heavy atom. The fourth-order valence-electron chi connectivity index (χ4n) is 2.16. The molecule has 0 saturated heterocycles. The summed E-state index contributed by atoms with van der Waals surface area (Å²) in [5.41, 5.74) is 8.42. The maximum atomic E-state index is 12.2. The van der Waals surface area contributed by atoms with Crippen molar-refractivity contribution in [2.45, 2.75) is 6.92 Å². The average Bonchev–Trinajstić information content (AvgIpc) is 2.43. The highest BCUT2D eigenvalue weighted by atomic mass is 35.5. The van der Waals surface area contributed by atoms with Crippen LogP contribution in [0.1, 0.15) is 5.56 Å². The van der Waals surface area contributed by atoms with Gasteiger partial charge in [-0.3, -0.25) is 4.79 Å². The summed E-state index contributed by atoms with van der Waals surface area (Å²) in [6.45, 7) is 1.91. The van der Waals surface area contributed by atoms with Gasteiger partial charge in [0.05, 0.1) is 16.1 Å². The number of nitrogen functional groups attached to an aromatic ring is 1. The highest BCUT2D eigenvalue weighted by Crippen LogP contribution is 2.28. The minimum Gasteiger partial charge on any atom is -0.456 e. The molecule has 0 atom stereocenters. The van der Waals surface area contributed by atoms with Crippen LogP contribution in [0.4, 0.5) is 5.69 Å². The maximum Gasteiger partial charge on any atom is 0.193 e. The highest BCUT2D eigenvalue weighted by molar-refractivity contribution is 6.33. The SMILES string of the molecule is Cc1cccc2c(=O)cc(-c3ccc(Cl)c(N)c3)oc12. The molecule has 0 bridgehead atoms. The van der Waals surface area contributed by atoms with Gasteiger partial charge < -0.3 is 10.2 Å². The molecule has 0 fully saturated rings. The number of hydrogen-bond acceptors (Lipinski definition) is 3. The normalized spacial score (nSPS) is 10.9. The van der Waals surface area contributed by atoms with Crippen molar-refractivity contribution < 1.29 is 4.42 Å². The number of fused-ring (bicyclic) bond motifs is 1. The van der Waals surface area contributed by atoms with Crippen LogP contribution >= 0.6 is 11.6 Å². The summed E-state index contributed by atoms with van der Waals surface area (Å²) in [6, 6.07) is 12.2. The fraction of sp³-hybridized carbons (Fsp3) is 0.0625. The van der Waals surface area contributed by atoms with Crippen molar-refractivity contribution in [1.82, 2.24) is 0 Å². The summed E-state index contributed by atoms with van der Waals surface area (Å²) in [5, 5.41) is 1.06. The van der Waals surface area contributed by atoms with Crippen LogP contribution in [0.3, 0.4) is 0 Å². The van der Waals surface area contributed by atoms with Crippen LogP contribution in [0.25, 0.3) is 22.3 Å². The standard InChI is InChI=1S/C16H12ClNO2/c1-9-3-2-4-11-14(19)8-15(20-16(9)11)10-5-6-12(17)13(18)7-10/h2-8H,18H2,1H3. The molecule has 4 heteroatoms. The molecule has 3 rings (SSSR count). The molecule has 20 heavy (non-hydrogen) atoms. The lowest BCUT2D eigenvalue weighted by molar-refractivity contribution is 0.616. The third-order valence-corrected chi connectivity index (χ3v) is 3.58. The van der Waals surface area contributed by atoms with E-state index in [1.165, 1.54) is 6.07 Å². The summed E-state index contributed by atoms with van der Waals surface area (Å²) in [7, 11) is 0. The van der Waals surface area contributed by atoms with E-state index in [0.29, 0.717) is 27.4 Å². The van der Waals surface area contributed by atoms with Gasteiger partial charge in [0, 0.05) is 11.6 Å². The smallest absolute Gasteiger partial charge is 0.193 e. The van der Waals surface area contributed by atoms with Gasteiger partial charge in [0.25, 0.3) is 0 Å². The molecule has 0 saturated carbocycles. The molecule has 0 radical (unpaired) electrons. The van der Waals surface area contributed by atoms with Gasteiger partial charge in [0.1, 0.15) is 11.3 Å². The van der Waals surface area contributed by atoms with Gasteiger partial charge >= 0.3 is 0 Å². The van der Waals surface area contributed by atoms with Gasteiger partial charge in [-0.25, -0.2) is 0 Å². The Kier molecular flexibility index (Phi) is 2.99. The Morgan fingerprint density at radius 1 is 1.15 bits per heavy atom. The first-order chi connectivity index (χ1) is 9.56. The largest absolute Gasteiger partial charge is 0.456 e. The van der Waals surface area contributed by atoms with Crippen LogP contribution in [-0.2, 0) is 0 Å². The fourth-order valence-corrected chi connectivity index (χ4v) is 2.28. The first-order valence-corrected chi connectivity index (χ1v) is 6.53. The van der Waals surface area contributed by atoms with Gasteiger partial charge in [-0.1, -0.05) is 23.7 Å². The van der Waals surface area contributed by atoms with Gasteiger partial charge in [0.15, 0.2) is 5.43 Å². The second-order valence-corrected chi connectivity index (χ2v) is 5.07. The number of anilines is 1. The third-order valence-electron chi connectivity index (χ3n) is 3.23. The number of nitrogens with two attached hydrogens (primary N) is 1. The molecular weight excluding hydrogens is 274 g/mol. The first-order valence-electron chi connectivity index (χ1n) is 6.15. The van der Waals surface area contributed by atoms with Crippen LogP contribution in [0, 0.1) is 6.92 Å². The van der Waals surface area contributed by atoms with Crippen molar-refractivity contribution in [3.8, 4) is 11.3 Å². The number of halogens is 1. The molecule has 2 N–H and O–H groups in total. The minimum atomic E-state index is -0.0709. The lowest BCUT2D eigenvalue weighted by atomic mass is 10.1. The number of aryl methyl sites for hydroxylation is 1. The van der Waals surface area contributed by atoms with Crippen LogP contribution in [0.2, 0.25) is 5.02 Å². The van der Waals surface area contributed by atoms with E-state index in [9.17, 15) is 4.79 Å². The Bertz CT molecular complexity index is 868. The van der Waals surface area contributed by atoms with E-state index >= 15 is 0 Å². The van der Waals surface area contributed by atoms with Gasteiger partial charge in [0.2, 0.25) is 0 Å². The van der Waals surface area contributed by atoms with Crippen LogP contribution in [0.15, 0.2) is 51.7 Å². The number of hydrogen-bond donors (Lipinski definition) is 1. The molecule has 0 aliphatic rings. The van der Waals surface area contributed by atoms with Crippen LogP contribution in [-0.4, -0.2) is 0 Å². The number of rotatable bonds is 1. The molecule has 2 aromatic carbocycles. The predicted octanol–water partition coefficient (Wildman–Crippen LogP) is 4.00. The van der Waals surface area contributed by atoms with E-state index in [4.69, 9.17) is 21.8 Å². The number of para-hydroxylation sites is 1. The molecule has 0 unspecified atom stereocenters. The van der Waals surface area contributed by atoms with E-state index in [1.807, 2.05) is 19.1 Å². The molecule has 1 heterocycles. The molecule has 0 amide bonds. The molecule has 0 aliphatic heterocycles. The third kappa shape index (κ3) is 2.06. The van der Waals surface area contributed by atoms with Crippen molar-refractivity contribution in [2.75, 3.05) is 5.73 Å². The summed E-state index contributed by atoms with van der Waals surface area (Å²) in [6.07, 6.45) is 0. The van der Waals surface area contributed by atoms with Crippen LogP contribution < -0.4 is 11.2 Å². The van der Waals surface area contributed by atoms with Crippen molar-refractivity contribution >= 4 is 28.3 Å². The molecule has 1 aromatic heterocycles. The van der Waals surface area contributed by atoms with E-state index in [0.717, 1.165) is 11.1 Å². The number of benzene rings is 2. The van der Waals surface area contributed by atoms with Crippen molar-refractivity contribution in [2.24, 2.45) is 0 Å². The van der Waals surface area contributed by atoms with Gasteiger partial charge in [-0.2, -0.15) is 0 Å². The molecule has 0 spiro atoms. The quantitative estimate of drug-likeness (QED) is 0.687. The Balaban J connectivity index is 2.29. The zero-order chi connectivity index (χ0) is 14.3. The van der Waals surface area contributed by atoms with Crippen molar-refractivity contribution in [1.29, 1.82) is 0 Å². The summed E-state index contributed by atoms with van der Waals surface area (Å²) in [4.78, 5) is 12.2. The highest BCUT2D eigenvalue weighted by Gasteiger charge is 2.09. The van der Waals surface area contributed by atoms with Crippen molar-refractivity contribution in [3.05, 3.63) is 63.3 Å². The Morgan fingerprint density at radius 2 is 1.95 bits per heavy atom. The minimum absolute atomic E-state index is 0.0709. The van der Waals surface area contributed by atoms with Crippen LogP contribution in [0.5, 0.6) is 0 Å². The van der Waals surface area contributed by atoms with Crippen molar-refractivity contribution in [3.63, 3.8) is 0 Å². The Labute approximate surface area is 120 Å². The van der Waals surface area contributed by atoms with E-state index in [-0.39, 0.29) is 5.43 Å². The molecule has 100 valence electrons. The summed E-state index contributed by atoms with van der Waals surface area (Å²) >= 11 is 5.90.